The molecule has 0 spiro atoms. The van der Waals surface area contributed by atoms with E-state index in [-0.39, 0.29) is 5.82 Å². The molecule has 2 aromatic heterocycles. The van der Waals surface area contributed by atoms with Crippen LogP contribution < -0.4 is 0 Å². The van der Waals surface area contributed by atoms with Crippen molar-refractivity contribution in [3.63, 3.8) is 0 Å². The summed E-state index contributed by atoms with van der Waals surface area (Å²) in [5, 5.41) is 12.0. The van der Waals surface area contributed by atoms with Crippen LogP contribution in [0.3, 0.4) is 0 Å². The maximum absolute atomic E-state index is 10.4. The highest BCUT2D eigenvalue weighted by atomic mass is 16.5. The van der Waals surface area contributed by atoms with Gasteiger partial charge in [-0.1, -0.05) is 5.16 Å². The highest BCUT2D eigenvalue weighted by molar-refractivity contribution is 5.82. The Morgan fingerprint density at radius 2 is 2.43 bits per heavy atom. The van der Waals surface area contributed by atoms with Gasteiger partial charge in [0.25, 0.3) is 0 Å². The van der Waals surface area contributed by atoms with Gasteiger partial charge in [0.1, 0.15) is 0 Å². The summed E-state index contributed by atoms with van der Waals surface area (Å²) >= 11 is 0. The molecular formula is C7H6N4O3. The molecule has 0 amide bonds. The molecule has 1 N–H and O–H groups in total. The van der Waals surface area contributed by atoms with Gasteiger partial charge >= 0.3 is 11.9 Å². The molecule has 7 nitrogen and oxygen atoms in total. The van der Waals surface area contributed by atoms with Gasteiger partial charge in [0.15, 0.2) is 5.82 Å². The van der Waals surface area contributed by atoms with Gasteiger partial charge in [0, 0.05) is 19.4 Å². The number of carboxylic acids is 1. The predicted molar refractivity (Wildman–Crippen MR) is 43.5 cm³/mol. The first kappa shape index (κ1) is 8.42. The number of imidazole rings is 1. The Hall–Kier alpha value is -2.18. The molecule has 0 saturated carbocycles. The van der Waals surface area contributed by atoms with Gasteiger partial charge in [0.2, 0.25) is 5.82 Å². The van der Waals surface area contributed by atoms with Crippen molar-refractivity contribution in [1.82, 2.24) is 19.7 Å². The summed E-state index contributed by atoms with van der Waals surface area (Å²) in [5.74, 6) is -1.07. The molecule has 14 heavy (non-hydrogen) atoms. The summed E-state index contributed by atoms with van der Waals surface area (Å²) < 4.78 is 6.15. The second-order valence-corrected chi connectivity index (χ2v) is 2.59. The van der Waals surface area contributed by atoms with E-state index >= 15 is 0 Å². The first-order valence-corrected chi connectivity index (χ1v) is 3.73. The summed E-state index contributed by atoms with van der Waals surface area (Å²) in [6, 6.07) is 0. The van der Waals surface area contributed by atoms with Gasteiger partial charge in [-0.15, -0.1) is 0 Å². The van der Waals surface area contributed by atoms with E-state index in [0.29, 0.717) is 5.82 Å². The maximum atomic E-state index is 10.4. The van der Waals surface area contributed by atoms with E-state index < -0.39 is 11.9 Å². The molecule has 7 heteroatoms. The summed E-state index contributed by atoms with van der Waals surface area (Å²) in [5.41, 5.74) is 0. The zero-order valence-electron chi connectivity index (χ0n) is 7.21. The fourth-order valence-corrected chi connectivity index (χ4v) is 0.982. The average molecular weight is 194 g/mol. The normalized spacial score (nSPS) is 10.4. The molecule has 2 heterocycles. The van der Waals surface area contributed by atoms with Crippen LogP contribution >= 0.6 is 0 Å². The number of carbonyl (C=O) groups is 1. The third kappa shape index (κ3) is 1.24. The largest absolute Gasteiger partial charge is 0.474 e. The van der Waals surface area contributed by atoms with Crippen molar-refractivity contribution in [3.05, 3.63) is 18.3 Å². The zero-order chi connectivity index (χ0) is 10.1. The molecule has 0 aliphatic heterocycles. The number of hydrogen-bond donors (Lipinski definition) is 1. The Morgan fingerprint density at radius 1 is 1.64 bits per heavy atom. The molecule has 0 unspecified atom stereocenters. The lowest BCUT2D eigenvalue weighted by molar-refractivity contribution is 0.0643. The fraction of sp³-hybridized carbons (Fsp3) is 0.143. The van der Waals surface area contributed by atoms with Crippen molar-refractivity contribution >= 4 is 5.97 Å². The molecule has 0 atom stereocenters. The van der Waals surface area contributed by atoms with E-state index in [1.165, 1.54) is 0 Å². The fourth-order valence-electron chi connectivity index (χ4n) is 0.982. The summed E-state index contributed by atoms with van der Waals surface area (Å²) in [6.45, 7) is 0. The van der Waals surface area contributed by atoms with Gasteiger partial charge in [-0.3, -0.25) is 0 Å². The molecule has 2 rings (SSSR count). The lowest BCUT2D eigenvalue weighted by Gasteiger charge is -1.92. The topological polar surface area (TPSA) is 94.0 Å². The monoisotopic (exact) mass is 194 g/mol. The number of aromatic nitrogens is 4. The minimum atomic E-state index is -1.25. The summed E-state index contributed by atoms with van der Waals surface area (Å²) in [6.07, 6.45) is 3.26. The molecule has 0 aliphatic carbocycles. The Kier molecular flexibility index (Phi) is 1.77. The Morgan fingerprint density at radius 3 is 2.93 bits per heavy atom. The van der Waals surface area contributed by atoms with E-state index in [9.17, 15) is 4.79 Å². The molecule has 2 aromatic rings. The van der Waals surface area contributed by atoms with Crippen molar-refractivity contribution in [1.29, 1.82) is 0 Å². The molecular weight excluding hydrogens is 188 g/mol. The first-order valence-electron chi connectivity index (χ1n) is 3.73. The van der Waals surface area contributed by atoms with Crippen molar-refractivity contribution in [2.24, 2.45) is 7.05 Å². The van der Waals surface area contributed by atoms with Crippen molar-refractivity contribution in [2.45, 2.75) is 0 Å². The molecule has 0 fully saturated rings. The average Bonchev–Trinajstić information content (AvgIpc) is 2.71. The maximum Gasteiger partial charge on any atom is 0.394 e. The lowest BCUT2D eigenvalue weighted by Crippen LogP contribution is -1.97. The van der Waals surface area contributed by atoms with Crippen LogP contribution in [0.5, 0.6) is 0 Å². The minimum absolute atomic E-state index is 0.162. The number of hydrogen-bond acceptors (Lipinski definition) is 5. The van der Waals surface area contributed by atoms with Gasteiger partial charge in [-0.25, -0.2) is 9.78 Å². The quantitative estimate of drug-likeness (QED) is 0.732. The Bertz CT molecular complexity index is 473. The second-order valence-electron chi connectivity index (χ2n) is 2.59. The summed E-state index contributed by atoms with van der Waals surface area (Å²) in [7, 11) is 1.75. The van der Waals surface area contributed by atoms with Gasteiger partial charge in [-0.05, 0) is 0 Å². The van der Waals surface area contributed by atoms with Gasteiger partial charge < -0.3 is 14.2 Å². The van der Waals surface area contributed by atoms with Crippen LogP contribution in [0.1, 0.15) is 10.7 Å². The Balaban J connectivity index is 2.43. The minimum Gasteiger partial charge on any atom is -0.474 e. The van der Waals surface area contributed by atoms with Crippen LogP contribution in [0.15, 0.2) is 16.9 Å². The van der Waals surface area contributed by atoms with Crippen LogP contribution in [0.25, 0.3) is 11.6 Å². The van der Waals surface area contributed by atoms with E-state index in [4.69, 9.17) is 5.11 Å². The van der Waals surface area contributed by atoms with E-state index in [2.05, 4.69) is 19.6 Å². The van der Waals surface area contributed by atoms with E-state index in [0.717, 1.165) is 0 Å². The van der Waals surface area contributed by atoms with Crippen LogP contribution in [0.2, 0.25) is 0 Å². The predicted octanol–water partition coefficient (Wildman–Crippen LogP) is 0.168. The molecule has 72 valence electrons. The van der Waals surface area contributed by atoms with Crippen LogP contribution in [0, 0.1) is 0 Å². The van der Waals surface area contributed by atoms with Crippen molar-refractivity contribution in [3.8, 4) is 11.6 Å². The highest BCUT2D eigenvalue weighted by Gasteiger charge is 2.16. The van der Waals surface area contributed by atoms with E-state index in [1.54, 1.807) is 24.0 Å². The van der Waals surface area contributed by atoms with Crippen molar-refractivity contribution in [2.75, 3.05) is 0 Å². The standard InChI is InChI=1S/C7H6N4O3/c1-11-3-2-8-5(11)4-9-6(7(12)13)14-10-4/h2-3H,1H3,(H,12,13). The number of aryl methyl sites for hydroxylation is 1. The number of aromatic carboxylic acids is 1. The number of rotatable bonds is 2. The smallest absolute Gasteiger partial charge is 0.394 e. The van der Waals surface area contributed by atoms with Crippen LogP contribution in [-0.4, -0.2) is 30.8 Å². The van der Waals surface area contributed by atoms with Crippen LogP contribution in [-0.2, 0) is 7.05 Å². The number of nitrogens with zero attached hydrogens (tertiary/aromatic N) is 4. The molecule has 0 aromatic carbocycles. The lowest BCUT2D eigenvalue weighted by atomic mass is 10.5. The highest BCUT2D eigenvalue weighted by Crippen LogP contribution is 2.11. The number of carboxylic acid groups (broad SMARTS) is 1. The van der Waals surface area contributed by atoms with Crippen LogP contribution in [0.4, 0.5) is 0 Å². The van der Waals surface area contributed by atoms with Gasteiger partial charge in [-0.2, -0.15) is 4.98 Å². The molecule has 0 saturated heterocycles. The molecule has 0 aliphatic rings. The second kappa shape index (κ2) is 2.95. The summed E-state index contributed by atoms with van der Waals surface area (Å²) in [4.78, 5) is 18.0. The zero-order valence-corrected chi connectivity index (χ0v) is 7.21. The SMILES string of the molecule is Cn1ccnc1-c1noc(C(=O)O)n1. The van der Waals surface area contributed by atoms with Crippen molar-refractivity contribution < 1.29 is 14.4 Å². The van der Waals surface area contributed by atoms with Gasteiger partial charge in [0.05, 0.1) is 0 Å². The third-order valence-electron chi connectivity index (χ3n) is 1.63. The third-order valence-corrected chi connectivity index (χ3v) is 1.63. The Labute approximate surface area is 78.0 Å². The molecule has 0 radical (unpaired) electrons. The first-order chi connectivity index (χ1) is 6.68. The molecule has 0 bridgehead atoms. The van der Waals surface area contributed by atoms with E-state index in [1.807, 2.05) is 0 Å².